The molecule has 0 aliphatic carbocycles. The number of hydrogen-bond donors (Lipinski definition) is 0. The Hall–Kier alpha value is -2.12. The quantitative estimate of drug-likeness (QED) is 0.653. The van der Waals surface area contributed by atoms with Gasteiger partial charge in [0.2, 0.25) is 5.95 Å². The van der Waals surface area contributed by atoms with Crippen molar-refractivity contribution in [2.24, 2.45) is 0 Å². The summed E-state index contributed by atoms with van der Waals surface area (Å²) in [6.45, 7) is 2.64. The minimum atomic E-state index is -0.369. The van der Waals surface area contributed by atoms with Crippen LogP contribution in [0, 0.1) is 0 Å². The highest BCUT2D eigenvalue weighted by atomic mass is 16.5. The van der Waals surface area contributed by atoms with Crippen molar-refractivity contribution in [3.8, 4) is 12.0 Å². The van der Waals surface area contributed by atoms with Gasteiger partial charge in [0, 0.05) is 6.54 Å². The summed E-state index contributed by atoms with van der Waals surface area (Å²) in [5.41, 5.74) is 0. The Labute approximate surface area is 111 Å². The normalized spacial score (nSPS) is 9.89. The van der Waals surface area contributed by atoms with E-state index in [2.05, 4.69) is 19.7 Å². The first kappa shape index (κ1) is 14.9. The van der Waals surface area contributed by atoms with Gasteiger partial charge in [-0.05, 0) is 6.42 Å². The number of esters is 1. The predicted molar refractivity (Wildman–Crippen MR) is 67.5 cm³/mol. The summed E-state index contributed by atoms with van der Waals surface area (Å²) < 4.78 is 14.6. The number of carbonyl (C=O) groups excluding carboxylic acids is 1. The summed E-state index contributed by atoms with van der Waals surface area (Å²) in [5, 5.41) is 0. The van der Waals surface area contributed by atoms with Gasteiger partial charge in [-0.1, -0.05) is 6.92 Å². The molecule has 0 N–H and O–H groups in total. The van der Waals surface area contributed by atoms with Gasteiger partial charge in [0.1, 0.15) is 6.54 Å². The number of hydrogen-bond acceptors (Lipinski definition) is 8. The Balaban J connectivity index is 3.02. The van der Waals surface area contributed by atoms with Gasteiger partial charge in [-0.15, -0.1) is 4.98 Å². The fraction of sp³-hybridized carbons (Fsp3) is 0.636. The molecule has 0 spiro atoms. The van der Waals surface area contributed by atoms with Crippen LogP contribution in [0.2, 0.25) is 0 Å². The molecule has 1 aromatic rings. The van der Waals surface area contributed by atoms with Crippen LogP contribution < -0.4 is 14.4 Å². The fourth-order valence-corrected chi connectivity index (χ4v) is 1.39. The molecule has 0 amide bonds. The average Bonchev–Trinajstić information content (AvgIpc) is 2.45. The number of carbonyl (C=O) groups is 1. The van der Waals surface area contributed by atoms with Crippen LogP contribution in [-0.4, -0.2) is 55.3 Å². The summed E-state index contributed by atoms with van der Waals surface area (Å²) in [6.07, 6.45) is 0.827. The Morgan fingerprint density at radius 2 is 1.68 bits per heavy atom. The largest absolute Gasteiger partial charge is 0.468 e. The Morgan fingerprint density at radius 3 is 2.11 bits per heavy atom. The number of rotatable bonds is 7. The Kier molecular flexibility index (Phi) is 5.77. The van der Waals surface area contributed by atoms with Crippen molar-refractivity contribution in [3.63, 3.8) is 0 Å². The van der Waals surface area contributed by atoms with Gasteiger partial charge in [0.05, 0.1) is 21.3 Å². The van der Waals surface area contributed by atoms with Crippen LogP contribution in [0.25, 0.3) is 0 Å². The van der Waals surface area contributed by atoms with Crippen molar-refractivity contribution in [2.45, 2.75) is 13.3 Å². The van der Waals surface area contributed by atoms with Gasteiger partial charge < -0.3 is 19.1 Å². The Bertz CT molecular complexity index is 405. The van der Waals surface area contributed by atoms with E-state index < -0.39 is 0 Å². The Morgan fingerprint density at radius 1 is 1.11 bits per heavy atom. The molecular formula is C11H18N4O4. The maximum Gasteiger partial charge on any atom is 0.325 e. The zero-order chi connectivity index (χ0) is 14.3. The second kappa shape index (κ2) is 7.34. The van der Waals surface area contributed by atoms with E-state index in [9.17, 15) is 4.79 Å². The van der Waals surface area contributed by atoms with Gasteiger partial charge >= 0.3 is 18.0 Å². The molecule has 19 heavy (non-hydrogen) atoms. The predicted octanol–water partition coefficient (Wildman–Crippen LogP) is 0.278. The van der Waals surface area contributed by atoms with Crippen LogP contribution in [0.1, 0.15) is 13.3 Å². The molecule has 0 saturated carbocycles. The zero-order valence-corrected chi connectivity index (χ0v) is 11.5. The van der Waals surface area contributed by atoms with Crippen LogP contribution in [0.15, 0.2) is 0 Å². The molecular weight excluding hydrogens is 252 g/mol. The lowest BCUT2D eigenvalue weighted by Crippen LogP contribution is -2.33. The molecule has 8 heteroatoms. The summed E-state index contributed by atoms with van der Waals surface area (Å²) in [5.74, 6) is -0.0530. The second-order valence-electron chi connectivity index (χ2n) is 3.61. The highest BCUT2D eigenvalue weighted by Gasteiger charge is 2.17. The standard InChI is InChI=1S/C11H18N4O4/c1-5-6-15(7-8(16)17-2)9-12-10(18-3)14-11(13-9)19-4/h5-7H2,1-4H3. The first-order chi connectivity index (χ1) is 9.14. The summed E-state index contributed by atoms with van der Waals surface area (Å²) in [4.78, 5) is 25.2. The van der Waals surface area contributed by atoms with Crippen LogP contribution in [-0.2, 0) is 9.53 Å². The van der Waals surface area contributed by atoms with Crippen LogP contribution in [0.4, 0.5) is 5.95 Å². The van der Waals surface area contributed by atoms with E-state index in [-0.39, 0.29) is 24.5 Å². The summed E-state index contributed by atoms with van der Waals surface area (Å²) in [6, 6.07) is 0.264. The maximum absolute atomic E-state index is 11.4. The van der Waals surface area contributed by atoms with Gasteiger partial charge in [0.15, 0.2) is 0 Å². The van der Waals surface area contributed by atoms with Gasteiger partial charge in [-0.2, -0.15) is 9.97 Å². The molecule has 1 rings (SSSR count). The first-order valence-corrected chi connectivity index (χ1v) is 5.80. The van der Waals surface area contributed by atoms with Crippen LogP contribution in [0.3, 0.4) is 0 Å². The van der Waals surface area contributed by atoms with Crippen LogP contribution in [0.5, 0.6) is 12.0 Å². The molecule has 0 fully saturated rings. The molecule has 8 nitrogen and oxygen atoms in total. The third-order valence-corrected chi connectivity index (χ3v) is 2.27. The molecule has 0 aromatic carbocycles. The van der Waals surface area contributed by atoms with Gasteiger partial charge in [-0.25, -0.2) is 0 Å². The number of aromatic nitrogens is 3. The van der Waals surface area contributed by atoms with E-state index in [1.54, 1.807) is 4.90 Å². The molecule has 0 unspecified atom stereocenters. The summed E-state index contributed by atoms with van der Waals surface area (Å²) in [7, 11) is 4.23. The van der Waals surface area contributed by atoms with E-state index >= 15 is 0 Å². The smallest absolute Gasteiger partial charge is 0.325 e. The number of anilines is 1. The minimum absolute atomic E-state index is 0.0562. The molecule has 106 valence electrons. The van der Waals surface area contributed by atoms with E-state index in [0.29, 0.717) is 12.5 Å². The maximum atomic E-state index is 11.4. The third kappa shape index (κ3) is 4.23. The highest BCUT2D eigenvalue weighted by Crippen LogP contribution is 2.16. The van der Waals surface area contributed by atoms with Crippen molar-refractivity contribution < 1.29 is 19.0 Å². The van der Waals surface area contributed by atoms with Crippen molar-refractivity contribution in [2.75, 3.05) is 39.3 Å². The molecule has 1 heterocycles. The third-order valence-electron chi connectivity index (χ3n) is 2.27. The van der Waals surface area contributed by atoms with Crippen LogP contribution >= 0.6 is 0 Å². The van der Waals surface area contributed by atoms with E-state index in [0.717, 1.165) is 6.42 Å². The topological polar surface area (TPSA) is 86.7 Å². The van der Waals surface area contributed by atoms with Gasteiger partial charge in [-0.3, -0.25) is 4.79 Å². The lowest BCUT2D eigenvalue weighted by molar-refractivity contribution is -0.139. The molecule has 1 aromatic heterocycles. The SMILES string of the molecule is CCCN(CC(=O)OC)c1nc(OC)nc(OC)n1. The van der Waals surface area contributed by atoms with E-state index in [1.807, 2.05) is 6.92 Å². The molecule has 0 atom stereocenters. The second-order valence-corrected chi connectivity index (χ2v) is 3.61. The first-order valence-electron chi connectivity index (χ1n) is 5.80. The van der Waals surface area contributed by atoms with Gasteiger partial charge in [0.25, 0.3) is 0 Å². The lowest BCUT2D eigenvalue weighted by Gasteiger charge is -2.20. The minimum Gasteiger partial charge on any atom is -0.468 e. The number of nitrogens with zero attached hydrogens (tertiary/aromatic N) is 4. The molecule has 0 aliphatic heterocycles. The average molecular weight is 270 g/mol. The molecule has 0 aliphatic rings. The van der Waals surface area contributed by atoms with Crippen molar-refractivity contribution in [3.05, 3.63) is 0 Å². The zero-order valence-electron chi connectivity index (χ0n) is 11.5. The monoisotopic (exact) mass is 270 g/mol. The number of ether oxygens (including phenoxy) is 3. The van der Waals surface area contributed by atoms with E-state index in [1.165, 1.54) is 21.3 Å². The van der Waals surface area contributed by atoms with Crippen molar-refractivity contribution >= 4 is 11.9 Å². The molecule has 0 bridgehead atoms. The lowest BCUT2D eigenvalue weighted by atomic mass is 10.4. The fourth-order valence-electron chi connectivity index (χ4n) is 1.39. The van der Waals surface area contributed by atoms with E-state index in [4.69, 9.17) is 9.47 Å². The van der Waals surface area contributed by atoms with Crippen molar-refractivity contribution in [1.29, 1.82) is 0 Å². The number of methoxy groups -OCH3 is 3. The molecule has 0 radical (unpaired) electrons. The van der Waals surface area contributed by atoms with Crippen molar-refractivity contribution in [1.82, 2.24) is 15.0 Å². The summed E-state index contributed by atoms with van der Waals surface area (Å²) >= 11 is 0. The molecule has 0 saturated heterocycles. The highest BCUT2D eigenvalue weighted by molar-refractivity contribution is 5.74.